The maximum atomic E-state index is 11.4. The number of nitrogens with one attached hydrogen (secondary N) is 2. The summed E-state index contributed by atoms with van der Waals surface area (Å²) < 4.78 is 0. The zero-order valence-electron chi connectivity index (χ0n) is 10.4. The molecule has 0 fully saturated rings. The summed E-state index contributed by atoms with van der Waals surface area (Å²) in [5, 5.41) is 16.2. The van der Waals surface area contributed by atoms with Crippen LogP contribution in [0.5, 0.6) is 0 Å². The third kappa shape index (κ3) is 6.65. The molecule has 0 spiro atoms. The highest BCUT2D eigenvalue weighted by Crippen LogP contribution is 2.01. The van der Waals surface area contributed by atoms with E-state index in [1.807, 2.05) is 0 Å². The topological polar surface area (TPSA) is 83.6 Å². The van der Waals surface area contributed by atoms with Gasteiger partial charge in [-0.2, -0.15) is 0 Å². The number of aryl methyl sites for hydroxylation is 1. The van der Waals surface area contributed by atoms with Crippen molar-refractivity contribution in [2.75, 3.05) is 6.54 Å². The van der Waals surface area contributed by atoms with E-state index in [9.17, 15) is 4.79 Å². The van der Waals surface area contributed by atoms with Crippen LogP contribution in [0, 0.1) is 0 Å². The molecule has 0 aliphatic heterocycles. The van der Waals surface area contributed by atoms with E-state index < -0.39 is 0 Å². The van der Waals surface area contributed by atoms with Gasteiger partial charge in [0, 0.05) is 19.4 Å². The number of unbranched alkanes of at least 4 members (excludes halogenated alkanes) is 4. The van der Waals surface area contributed by atoms with E-state index in [0.717, 1.165) is 13.0 Å². The Balaban J connectivity index is 1.94. The number of rotatable bonds is 9. The number of hydrogen-bond acceptors (Lipinski definition) is 4. The summed E-state index contributed by atoms with van der Waals surface area (Å²) in [6.45, 7) is 2.97. The molecule has 0 bridgehead atoms. The Labute approximate surface area is 102 Å². The van der Waals surface area contributed by atoms with Crippen molar-refractivity contribution in [1.82, 2.24) is 25.9 Å². The third-order valence-corrected chi connectivity index (χ3v) is 2.58. The van der Waals surface area contributed by atoms with Gasteiger partial charge >= 0.3 is 0 Å². The summed E-state index contributed by atoms with van der Waals surface area (Å²) in [5.41, 5.74) is 0. The number of carbonyl (C=O) groups is 1. The summed E-state index contributed by atoms with van der Waals surface area (Å²) in [7, 11) is 0. The molecular weight excluding hydrogens is 218 g/mol. The number of tetrazole rings is 1. The van der Waals surface area contributed by atoms with Gasteiger partial charge in [0.05, 0.1) is 0 Å². The first-order valence-corrected chi connectivity index (χ1v) is 6.32. The van der Waals surface area contributed by atoms with Gasteiger partial charge in [0.2, 0.25) is 5.91 Å². The summed E-state index contributed by atoms with van der Waals surface area (Å²) in [6.07, 6.45) is 7.05. The van der Waals surface area contributed by atoms with Gasteiger partial charge in [0.15, 0.2) is 0 Å². The average Bonchev–Trinajstić information content (AvgIpc) is 2.84. The van der Waals surface area contributed by atoms with E-state index in [4.69, 9.17) is 0 Å². The molecule has 1 rings (SSSR count). The highest BCUT2D eigenvalue weighted by Gasteiger charge is 2.03. The Morgan fingerprint density at radius 2 is 2.12 bits per heavy atom. The summed E-state index contributed by atoms with van der Waals surface area (Å²) in [6, 6.07) is 0. The van der Waals surface area contributed by atoms with Crippen molar-refractivity contribution in [3.05, 3.63) is 5.82 Å². The summed E-state index contributed by atoms with van der Waals surface area (Å²) in [5.74, 6) is 0.722. The minimum Gasteiger partial charge on any atom is -0.356 e. The van der Waals surface area contributed by atoms with Crippen LogP contribution in [0.25, 0.3) is 0 Å². The normalized spacial score (nSPS) is 10.4. The monoisotopic (exact) mass is 239 g/mol. The lowest BCUT2D eigenvalue weighted by atomic mass is 10.1. The minimum absolute atomic E-state index is 0.0666. The standard InChI is InChI=1S/C11H21N5O/c1-2-3-4-5-6-9-12-11(17)8-7-10-13-15-16-14-10/h2-9H2,1H3,(H,12,17)(H,13,14,15,16). The smallest absolute Gasteiger partial charge is 0.220 e. The van der Waals surface area contributed by atoms with Crippen LogP contribution in [0.15, 0.2) is 0 Å². The van der Waals surface area contributed by atoms with Gasteiger partial charge in [-0.3, -0.25) is 4.79 Å². The van der Waals surface area contributed by atoms with Gasteiger partial charge in [0.1, 0.15) is 5.82 Å². The number of amides is 1. The minimum atomic E-state index is 0.0666. The summed E-state index contributed by atoms with van der Waals surface area (Å²) in [4.78, 5) is 11.4. The van der Waals surface area contributed by atoms with Crippen molar-refractivity contribution in [3.63, 3.8) is 0 Å². The fraction of sp³-hybridized carbons (Fsp3) is 0.818. The molecule has 0 radical (unpaired) electrons. The van der Waals surface area contributed by atoms with Crippen LogP contribution < -0.4 is 5.32 Å². The van der Waals surface area contributed by atoms with Crippen LogP contribution in [0.3, 0.4) is 0 Å². The number of aromatic nitrogens is 4. The van der Waals surface area contributed by atoms with E-state index >= 15 is 0 Å². The highest BCUT2D eigenvalue weighted by molar-refractivity contribution is 5.75. The quantitative estimate of drug-likeness (QED) is 0.635. The van der Waals surface area contributed by atoms with Gasteiger partial charge in [-0.1, -0.05) is 32.6 Å². The summed E-state index contributed by atoms with van der Waals surface area (Å²) >= 11 is 0. The van der Waals surface area contributed by atoms with Crippen LogP contribution in [0.2, 0.25) is 0 Å². The molecule has 1 aromatic heterocycles. The Bertz CT molecular complexity index is 299. The van der Waals surface area contributed by atoms with E-state index in [2.05, 4.69) is 32.9 Å². The molecule has 0 unspecified atom stereocenters. The van der Waals surface area contributed by atoms with Crippen molar-refractivity contribution in [1.29, 1.82) is 0 Å². The molecule has 0 atom stereocenters. The lowest BCUT2D eigenvalue weighted by Gasteiger charge is -2.03. The molecule has 1 heterocycles. The lowest BCUT2D eigenvalue weighted by molar-refractivity contribution is -0.121. The largest absolute Gasteiger partial charge is 0.356 e. The lowest BCUT2D eigenvalue weighted by Crippen LogP contribution is -2.24. The molecule has 2 N–H and O–H groups in total. The molecule has 17 heavy (non-hydrogen) atoms. The van der Waals surface area contributed by atoms with Crippen molar-refractivity contribution >= 4 is 5.91 Å². The molecule has 0 aliphatic carbocycles. The number of hydrogen-bond donors (Lipinski definition) is 2. The SMILES string of the molecule is CCCCCCCNC(=O)CCc1nnn[nH]1. The fourth-order valence-electron chi connectivity index (χ4n) is 1.56. The van der Waals surface area contributed by atoms with Crippen LogP contribution in [-0.4, -0.2) is 33.1 Å². The first-order chi connectivity index (χ1) is 8.33. The molecular formula is C11H21N5O. The number of H-pyrrole nitrogens is 1. The van der Waals surface area contributed by atoms with Gasteiger partial charge in [0.25, 0.3) is 0 Å². The Hall–Kier alpha value is -1.46. The Morgan fingerprint density at radius 1 is 1.29 bits per heavy atom. The second kappa shape index (κ2) is 8.66. The molecule has 6 nitrogen and oxygen atoms in total. The first kappa shape index (κ1) is 13.6. The van der Waals surface area contributed by atoms with Crippen molar-refractivity contribution in [2.24, 2.45) is 0 Å². The fourth-order valence-corrected chi connectivity index (χ4v) is 1.56. The molecule has 0 saturated heterocycles. The van der Waals surface area contributed by atoms with E-state index in [0.29, 0.717) is 18.7 Å². The highest BCUT2D eigenvalue weighted by atomic mass is 16.1. The Morgan fingerprint density at radius 3 is 2.82 bits per heavy atom. The van der Waals surface area contributed by atoms with Crippen molar-refractivity contribution in [2.45, 2.75) is 51.9 Å². The maximum Gasteiger partial charge on any atom is 0.220 e. The Kier molecular flexibility index (Phi) is 6.93. The molecule has 6 heteroatoms. The van der Waals surface area contributed by atoms with Crippen LogP contribution in [0.1, 0.15) is 51.3 Å². The van der Waals surface area contributed by atoms with Gasteiger partial charge in [-0.15, -0.1) is 5.10 Å². The van der Waals surface area contributed by atoms with Gasteiger partial charge in [-0.05, 0) is 16.8 Å². The van der Waals surface area contributed by atoms with E-state index in [1.165, 1.54) is 25.7 Å². The predicted molar refractivity (Wildman–Crippen MR) is 64.3 cm³/mol. The van der Waals surface area contributed by atoms with Crippen molar-refractivity contribution in [3.8, 4) is 0 Å². The van der Waals surface area contributed by atoms with E-state index in [-0.39, 0.29) is 5.91 Å². The van der Waals surface area contributed by atoms with Crippen molar-refractivity contribution < 1.29 is 4.79 Å². The molecule has 96 valence electrons. The zero-order chi connectivity index (χ0) is 12.3. The number of carbonyl (C=O) groups excluding carboxylic acids is 1. The molecule has 1 amide bonds. The third-order valence-electron chi connectivity index (χ3n) is 2.58. The zero-order valence-corrected chi connectivity index (χ0v) is 10.4. The van der Waals surface area contributed by atoms with E-state index in [1.54, 1.807) is 0 Å². The molecule has 1 aromatic rings. The molecule has 0 aromatic carbocycles. The van der Waals surface area contributed by atoms with Gasteiger partial charge < -0.3 is 5.32 Å². The average molecular weight is 239 g/mol. The van der Waals surface area contributed by atoms with Crippen LogP contribution >= 0.6 is 0 Å². The maximum absolute atomic E-state index is 11.4. The molecule has 0 aliphatic rings. The number of nitrogens with zero attached hydrogens (tertiary/aromatic N) is 3. The predicted octanol–water partition coefficient (Wildman–Crippen LogP) is 1.22. The van der Waals surface area contributed by atoms with Crippen LogP contribution in [0.4, 0.5) is 0 Å². The first-order valence-electron chi connectivity index (χ1n) is 6.32. The van der Waals surface area contributed by atoms with Crippen LogP contribution in [-0.2, 0) is 11.2 Å². The molecule has 0 saturated carbocycles. The second-order valence-electron chi connectivity index (χ2n) is 4.11. The van der Waals surface area contributed by atoms with Gasteiger partial charge in [-0.25, -0.2) is 5.10 Å². The second-order valence-corrected chi connectivity index (χ2v) is 4.11. The number of aromatic amines is 1.